The molecule has 2 aromatic carbocycles. The molecule has 9 nitrogen and oxygen atoms in total. The molecule has 0 aliphatic carbocycles. The number of carbonyl (C=O) groups excluding carboxylic acids is 1. The predicted molar refractivity (Wildman–Crippen MR) is 131 cm³/mol. The molecule has 1 aromatic heterocycles. The van der Waals surface area contributed by atoms with Crippen LogP contribution in [0.2, 0.25) is 0 Å². The van der Waals surface area contributed by atoms with E-state index in [0.717, 1.165) is 5.56 Å². The van der Waals surface area contributed by atoms with Crippen molar-refractivity contribution in [3.63, 3.8) is 0 Å². The molecular formula is C24H28ClF3N6O3. The van der Waals surface area contributed by atoms with Gasteiger partial charge in [0.25, 0.3) is 5.82 Å². The van der Waals surface area contributed by atoms with Gasteiger partial charge in [0, 0.05) is 44.3 Å². The molecule has 2 heterocycles. The summed E-state index contributed by atoms with van der Waals surface area (Å²) in [6.45, 7) is 1.46. The Labute approximate surface area is 218 Å². The number of halogens is 4. The number of methoxy groups -OCH3 is 2. The largest absolute Gasteiger partial charge is 0.496 e. The molecule has 1 N–H and O–H groups in total. The Morgan fingerprint density at radius 3 is 2.59 bits per heavy atom. The summed E-state index contributed by atoms with van der Waals surface area (Å²) >= 11 is 0. The third kappa shape index (κ3) is 6.56. The quantitative estimate of drug-likeness (QED) is 0.469. The van der Waals surface area contributed by atoms with Gasteiger partial charge < -0.3 is 19.7 Å². The van der Waals surface area contributed by atoms with Crippen molar-refractivity contribution in [1.29, 1.82) is 0 Å². The number of tetrazole rings is 1. The van der Waals surface area contributed by atoms with Crippen LogP contribution in [0.1, 0.15) is 29.3 Å². The Bertz CT molecular complexity index is 1180. The Kier molecular flexibility index (Phi) is 9.46. The van der Waals surface area contributed by atoms with Crippen LogP contribution in [0.15, 0.2) is 48.5 Å². The highest BCUT2D eigenvalue weighted by atomic mass is 35.5. The number of hydrogen-bond donors (Lipinski definition) is 1. The van der Waals surface area contributed by atoms with E-state index in [9.17, 15) is 18.0 Å². The number of amides is 1. The van der Waals surface area contributed by atoms with Gasteiger partial charge in [-0.05, 0) is 40.6 Å². The smallest absolute Gasteiger partial charge is 0.453 e. The van der Waals surface area contributed by atoms with Crippen molar-refractivity contribution in [2.45, 2.75) is 31.1 Å². The average molecular weight is 541 g/mol. The van der Waals surface area contributed by atoms with Crippen LogP contribution < -0.4 is 10.1 Å². The second-order valence-corrected chi connectivity index (χ2v) is 8.47. The third-order valence-electron chi connectivity index (χ3n) is 6.25. The Morgan fingerprint density at radius 2 is 1.92 bits per heavy atom. The van der Waals surface area contributed by atoms with Gasteiger partial charge >= 0.3 is 6.18 Å². The molecule has 37 heavy (non-hydrogen) atoms. The fourth-order valence-electron chi connectivity index (χ4n) is 4.49. The number of benzene rings is 2. The molecule has 0 bridgehead atoms. The summed E-state index contributed by atoms with van der Waals surface area (Å²) in [5.74, 6) is -0.722. The number of nitrogens with one attached hydrogen (secondary N) is 1. The van der Waals surface area contributed by atoms with Crippen molar-refractivity contribution in [1.82, 2.24) is 30.4 Å². The van der Waals surface area contributed by atoms with E-state index in [0.29, 0.717) is 42.0 Å². The van der Waals surface area contributed by atoms with Crippen LogP contribution in [0.3, 0.4) is 0 Å². The lowest BCUT2D eigenvalue weighted by Gasteiger charge is -2.39. The van der Waals surface area contributed by atoms with E-state index in [2.05, 4.69) is 20.8 Å². The number of piperidine rings is 1. The molecule has 1 amide bonds. The number of ether oxygens (including phenoxy) is 2. The molecule has 1 fully saturated rings. The van der Waals surface area contributed by atoms with Gasteiger partial charge in [0.2, 0.25) is 5.91 Å². The first kappa shape index (κ1) is 28.4. The molecule has 13 heteroatoms. The summed E-state index contributed by atoms with van der Waals surface area (Å²) in [6, 6.07) is 14.6. The molecule has 2 atom stereocenters. The molecule has 200 valence electrons. The van der Waals surface area contributed by atoms with Gasteiger partial charge in [-0.3, -0.25) is 4.79 Å². The number of likely N-dealkylation sites (tertiary alicyclic amines) is 1. The second kappa shape index (κ2) is 12.3. The zero-order valence-corrected chi connectivity index (χ0v) is 21.1. The SMILES string of the molecule is COCC(=O)N1CC[C@H](NCc2cc(-n3nnnc3C(F)(F)F)ccc2OC)[C@H](c2ccccc2)C1.Cl. The van der Waals surface area contributed by atoms with Crippen LogP contribution in [0.5, 0.6) is 5.75 Å². The highest BCUT2D eigenvalue weighted by Crippen LogP contribution is 2.31. The van der Waals surface area contributed by atoms with Crippen LogP contribution in [0.25, 0.3) is 5.69 Å². The standard InChI is InChI=1S/C24H27F3N6O3.ClH/c1-35-15-22(34)32-11-10-20(19(14-32)16-6-4-3-5-7-16)28-13-17-12-18(8-9-21(17)36-2)33-23(24(25,26)27)29-30-31-33;/h3-9,12,19-20,28H,10-11,13-15H2,1-2H3;1H/t19-,20-;/m0./s1. The van der Waals surface area contributed by atoms with Crippen molar-refractivity contribution < 1.29 is 27.4 Å². The number of carbonyl (C=O) groups is 1. The van der Waals surface area contributed by atoms with Crippen molar-refractivity contribution in [2.24, 2.45) is 0 Å². The topological polar surface area (TPSA) is 94.4 Å². The van der Waals surface area contributed by atoms with Gasteiger partial charge in [0.1, 0.15) is 12.4 Å². The molecular weight excluding hydrogens is 513 g/mol. The zero-order chi connectivity index (χ0) is 25.7. The maximum atomic E-state index is 13.3. The molecule has 1 aliphatic heterocycles. The molecule has 4 rings (SSSR count). The van der Waals surface area contributed by atoms with Crippen molar-refractivity contribution in [3.8, 4) is 11.4 Å². The molecule has 1 saturated heterocycles. The van der Waals surface area contributed by atoms with E-state index in [-0.39, 0.29) is 42.6 Å². The Balaban J connectivity index is 0.00000380. The van der Waals surface area contributed by atoms with Crippen molar-refractivity contribution >= 4 is 18.3 Å². The van der Waals surface area contributed by atoms with Gasteiger partial charge in [-0.2, -0.15) is 17.9 Å². The number of alkyl halides is 3. The summed E-state index contributed by atoms with van der Waals surface area (Å²) in [6.07, 6.45) is -4.00. The lowest BCUT2D eigenvalue weighted by atomic mass is 9.85. The van der Waals surface area contributed by atoms with E-state index in [1.807, 2.05) is 30.3 Å². The number of rotatable bonds is 8. The van der Waals surface area contributed by atoms with E-state index in [1.54, 1.807) is 17.0 Å². The lowest BCUT2D eigenvalue weighted by molar-refractivity contribution is -0.146. The van der Waals surface area contributed by atoms with E-state index >= 15 is 0 Å². The number of nitrogens with zero attached hydrogens (tertiary/aromatic N) is 5. The zero-order valence-electron chi connectivity index (χ0n) is 20.3. The maximum Gasteiger partial charge on any atom is 0.453 e. The normalized spacial score (nSPS) is 17.8. The summed E-state index contributed by atoms with van der Waals surface area (Å²) in [5, 5.41) is 13.4. The minimum absolute atomic E-state index is 0. The van der Waals surface area contributed by atoms with E-state index in [4.69, 9.17) is 9.47 Å². The first-order valence-electron chi connectivity index (χ1n) is 11.4. The molecule has 3 aromatic rings. The molecule has 1 aliphatic rings. The molecule has 0 radical (unpaired) electrons. The molecule has 0 spiro atoms. The maximum absolute atomic E-state index is 13.3. The summed E-state index contributed by atoms with van der Waals surface area (Å²) in [7, 11) is 3.00. The van der Waals surface area contributed by atoms with Crippen LogP contribution in [-0.4, -0.2) is 71.0 Å². The van der Waals surface area contributed by atoms with E-state index < -0.39 is 12.0 Å². The minimum Gasteiger partial charge on any atom is -0.496 e. The monoisotopic (exact) mass is 540 g/mol. The summed E-state index contributed by atoms with van der Waals surface area (Å²) < 4.78 is 51.1. The fourth-order valence-corrected chi connectivity index (χ4v) is 4.49. The van der Waals surface area contributed by atoms with Gasteiger partial charge in [0.05, 0.1) is 12.8 Å². The first-order chi connectivity index (χ1) is 17.3. The summed E-state index contributed by atoms with van der Waals surface area (Å²) in [4.78, 5) is 14.3. The number of aromatic nitrogens is 4. The average Bonchev–Trinajstić information content (AvgIpc) is 3.39. The van der Waals surface area contributed by atoms with Crippen LogP contribution in [-0.2, 0) is 22.3 Å². The molecule has 0 unspecified atom stereocenters. The Hall–Kier alpha value is -3.22. The fraction of sp³-hybridized carbons (Fsp3) is 0.417. The van der Waals surface area contributed by atoms with E-state index in [1.165, 1.54) is 20.3 Å². The van der Waals surface area contributed by atoms with Crippen LogP contribution in [0, 0.1) is 0 Å². The van der Waals surface area contributed by atoms with Crippen molar-refractivity contribution in [3.05, 3.63) is 65.5 Å². The minimum atomic E-state index is -4.70. The van der Waals surface area contributed by atoms with Crippen LogP contribution >= 0.6 is 12.4 Å². The van der Waals surface area contributed by atoms with Crippen LogP contribution in [0.4, 0.5) is 13.2 Å². The van der Waals surface area contributed by atoms with Gasteiger partial charge in [-0.25, -0.2) is 0 Å². The highest BCUT2D eigenvalue weighted by molar-refractivity contribution is 5.85. The summed E-state index contributed by atoms with van der Waals surface area (Å²) in [5.41, 5.74) is 1.92. The van der Waals surface area contributed by atoms with Crippen molar-refractivity contribution in [2.75, 3.05) is 33.9 Å². The second-order valence-electron chi connectivity index (χ2n) is 8.47. The third-order valence-corrected chi connectivity index (χ3v) is 6.25. The first-order valence-corrected chi connectivity index (χ1v) is 11.4. The molecule has 0 saturated carbocycles. The number of hydrogen-bond acceptors (Lipinski definition) is 7. The van der Waals surface area contributed by atoms with Gasteiger partial charge in [-0.1, -0.05) is 30.3 Å². The van der Waals surface area contributed by atoms with Gasteiger partial charge in [0.15, 0.2) is 0 Å². The Morgan fingerprint density at radius 1 is 1.16 bits per heavy atom. The predicted octanol–water partition coefficient (Wildman–Crippen LogP) is 3.23. The van der Waals surface area contributed by atoms with Gasteiger partial charge in [-0.15, -0.1) is 17.5 Å². The highest BCUT2D eigenvalue weighted by Gasteiger charge is 2.38. The lowest BCUT2D eigenvalue weighted by Crippen LogP contribution is -2.50.